The van der Waals surface area contributed by atoms with Crippen molar-refractivity contribution in [3.63, 3.8) is 0 Å². The van der Waals surface area contributed by atoms with Gasteiger partial charge in [0.1, 0.15) is 6.04 Å². The number of nitrogens with two attached hydrogens (primary N) is 1. The third-order valence-electron chi connectivity index (χ3n) is 3.74. The van der Waals surface area contributed by atoms with Crippen molar-refractivity contribution < 1.29 is 9.59 Å². The second-order valence-corrected chi connectivity index (χ2v) is 5.88. The SMILES string of the molecule is C=C(C)C[C@H](NC(=O)C(c1ccccc1)c1ccccc1)C(N)=O. The molecule has 0 spiro atoms. The van der Waals surface area contributed by atoms with Crippen LogP contribution in [0.2, 0.25) is 0 Å². The summed E-state index contributed by atoms with van der Waals surface area (Å²) in [7, 11) is 0. The van der Waals surface area contributed by atoms with Crippen molar-refractivity contribution in [2.45, 2.75) is 25.3 Å². The van der Waals surface area contributed by atoms with Gasteiger partial charge in [0.25, 0.3) is 0 Å². The number of carbonyl (C=O) groups is 2. The predicted molar refractivity (Wildman–Crippen MR) is 95.3 cm³/mol. The van der Waals surface area contributed by atoms with Crippen molar-refractivity contribution in [3.8, 4) is 0 Å². The molecule has 4 nitrogen and oxygen atoms in total. The van der Waals surface area contributed by atoms with Gasteiger partial charge in [-0.25, -0.2) is 0 Å². The monoisotopic (exact) mass is 322 g/mol. The van der Waals surface area contributed by atoms with Gasteiger partial charge in [0.05, 0.1) is 5.92 Å². The molecule has 0 saturated carbocycles. The Kier molecular flexibility index (Phi) is 5.90. The van der Waals surface area contributed by atoms with E-state index in [1.807, 2.05) is 60.7 Å². The molecule has 0 aliphatic rings. The zero-order valence-corrected chi connectivity index (χ0v) is 13.7. The molecule has 0 radical (unpaired) electrons. The Labute approximate surface area is 142 Å². The first kappa shape index (κ1) is 17.5. The number of primary amides is 1. The van der Waals surface area contributed by atoms with E-state index in [9.17, 15) is 9.59 Å². The van der Waals surface area contributed by atoms with Crippen LogP contribution in [0.4, 0.5) is 0 Å². The highest BCUT2D eigenvalue weighted by atomic mass is 16.2. The average Bonchev–Trinajstić information content (AvgIpc) is 2.56. The van der Waals surface area contributed by atoms with Crippen molar-refractivity contribution in [2.75, 3.05) is 0 Å². The topological polar surface area (TPSA) is 72.2 Å². The molecule has 2 aromatic rings. The van der Waals surface area contributed by atoms with Crippen molar-refractivity contribution >= 4 is 11.8 Å². The number of hydrogen-bond donors (Lipinski definition) is 2. The minimum atomic E-state index is -0.759. The maximum Gasteiger partial charge on any atom is 0.240 e. The largest absolute Gasteiger partial charge is 0.368 e. The number of benzene rings is 2. The number of carbonyl (C=O) groups excluding carboxylic acids is 2. The molecular weight excluding hydrogens is 300 g/mol. The smallest absolute Gasteiger partial charge is 0.240 e. The van der Waals surface area contributed by atoms with E-state index in [1.54, 1.807) is 6.92 Å². The molecule has 124 valence electrons. The molecule has 4 heteroatoms. The lowest BCUT2D eigenvalue weighted by Crippen LogP contribution is -2.46. The lowest BCUT2D eigenvalue weighted by atomic mass is 9.90. The summed E-state index contributed by atoms with van der Waals surface area (Å²) in [6.07, 6.45) is 0.331. The van der Waals surface area contributed by atoms with Crippen LogP contribution in [0.1, 0.15) is 30.4 Å². The molecule has 0 unspecified atom stereocenters. The van der Waals surface area contributed by atoms with Gasteiger partial charge in [-0.05, 0) is 24.5 Å². The molecule has 0 fully saturated rings. The van der Waals surface area contributed by atoms with Gasteiger partial charge in [-0.15, -0.1) is 6.58 Å². The Morgan fingerprint density at radius 3 is 1.83 bits per heavy atom. The fourth-order valence-corrected chi connectivity index (χ4v) is 2.61. The van der Waals surface area contributed by atoms with Gasteiger partial charge in [-0.3, -0.25) is 9.59 Å². The molecule has 0 heterocycles. The summed E-state index contributed by atoms with van der Waals surface area (Å²) in [5.74, 6) is -1.32. The zero-order chi connectivity index (χ0) is 17.5. The lowest BCUT2D eigenvalue weighted by Gasteiger charge is -2.22. The van der Waals surface area contributed by atoms with Crippen LogP contribution >= 0.6 is 0 Å². The van der Waals surface area contributed by atoms with Gasteiger partial charge < -0.3 is 11.1 Å². The standard InChI is InChI=1S/C20H22N2O2/c1-14(2)13-17(19(21)23)22-20(24)18(15-9-5-3-6-10-15)16-11-7-4-8-12-16/h3-12,17-18H,1,13H2,2H3,(H2,21,23)(H,22,24)/t17-/m0/s1. The van der Waals surface area contributed by atoms with Gasteiger partial charge in [0, 0.05) is 0 Å². The normalized spacial score (nSPS) is 11.8. The summed E-state index contributed by atoms with van der Waals surface area (Å²) in [6.45, 7) is 5.59. The minimum absolute atomic E-state index is 0.252. The molecule has 2 aromatic carbocycles. The number of nitrogens with one attached hydrogen (secondary N) is 1. The predicted octanol–water partition coefficient (Wildman–Crippen LogP) is 2.75. The summed E-state index contributed by atoms with van der Waals surface area (Å²) in [6, 6.07) is 18.2. The van der Waals surface area contributed by atoms with Crippen molar-refractivity contribution in [3.05, 3.63) is 83.9 Å². The second kappa shape index (κ2) is 8.11. The highest BCUT2D eigenvalue weighted by molar-refractivity contribution is 5.92. The first-order chi connectivity index (χ1) is 11.5. The highest BCUT2D eigenvalue weighted by Crippen LogP contribution is 2.25. The van der Waals surface area contributed by atoms with E-state index in [1.165, 1.54) is 0 Å². The molecule has 24 heavy (non-hydrogen) atoms. The summed E-state index contributed by atoms with van der Waals surface area (Å²) < 4.78 is 0. The number of rotatable bonds is 7. The van der Waals surface area contributed by atoms with Crippen LogP contribution in [0.3, 0.4) is 0 Å². The first-order valence-corrected chi connectivity index (χ1v) is 7.83. The van der Waals surface area contributed by atoms with Gasteiger partial charge in [-0.1, -0.05) is 66.2 Å². The Morgan fingerprint density at radius 2 is 1.46 bits per heavy atom. The quantitative estimate of drug-likeness (QED) is 0.769. The maximum atomic E-state index is 12.9. The van der Waals surface area contributed by atoms with Crippen LogP contribution < -0.4 is 11.1 Å². The Hall–Kier alpha value is -2.88. The molecular formula is C20H22N2O2. The van der Waals surface area contributed by atoms with Crippen LogP contribution in [0.5, 0.6) is 0 Å². The lowest BCUT2D eigenvalue weighted by molar-refractivity contribution is -0.127. The molecule has 2 amide bonds. The number of hydrogen-bond acceptors (Lipinski definition) is 2. The molecule has 0 bridgehead atoms. The van der Waals surface area contributed by atoms with Crippen LogP contribution in [-0.2, 0) is 9.59 Å². The van der Waals surface area contributed by atoms with Crippen LogP contribution in [0.15, 0.2) is 72.8 Å². The van der Waals surface area contributed by atoms with Crippen LogP contribution in [-0.4, -0.2) is 17.9 Å². The molecule has 0 aliphatic heterocycles. The molecule has 0 saturated heterocycles. The van der Waals surface area contributed by atoms with E-state index in [4.69, 9.17) is 5.73 Å². The number of amides is 2. The molecule has 2 rings (SSSR count). The molecule has 0 aliphatic carbocycles. The second-order valence-electron chi connectivity index (χ2n) is 5.88. The van der Waals surface area contributed by atoms with Crippen LogP contribution in [0, 0.1) is 0 Å². The van der Waals surface area contributed by atoms with E-state index in [-0.39, 0.29) is 5.91 Å². The van der Waals surface area contributed by atoms with Crippen molar-refractivity contribution in [1.29, 1.82) is 0 Å². The zero-order valence-electron chi connectivity index (χ0n) is 13.7. The molecule has 1 atom stereocenters. The van der Waals surface area contributed by atoms with E-state index in [2.05, 4.69) is 11.9 Å². The Balaban J connectivity index is 2.32. The van der Waals surface area contributed by atoms with Gasteiger partial charge >= 0.3 is 0 Å². The van der Waals surface area contributed by atoms with Crippen molar-refractivity contribution in [2.24, 2.45) is 5.73 Å². The highest BCUT2D eigenvalue weighted by Gasteiger charge is 2.26. The van der Waals surface area contributed by atoms with Gasteiger partial charge in [-0.2, -0.15) is 0 Å². The minimum Gasteiger partial charge on any atom is -0.368 e. The van der Waals surface area contributed by atoms with Gasteiger partial charge in [0.15, 0.2) is 0 Å². The van der Waals surface area contributed by atoms with Crippen molar-refractivity contribution in [1.82, 2.24) is 5.32 Å². The summed E-state index contributed by atoms with van der Waals surface area (Å²) in [5.41, 5.74) is 7.92. The fourth-order valence-electron chi connectivity index (χ4n) is 2.61. The van der Waals surface area contributed by atoms with E-state index in [0.29, 0.717) is 6.42 Å². The maximum absolute atomic E-state index is 12.9. The third-order valence-corrected chi connectivity index (χ3v) is 3.74. The third kappa shape index (κ3) is 4.56. The summed E-state index contributed by atoms with van der Waals surface area (Å²) >= 11 is 0. The van der Waals surface area contributed by atoms with E-state index >= 15 is 0 Å². The first-order valence-electron chi connectivity index (χ1n) is 7.83. The average molecular weight is 322 g/mol. The van der Waals surface area contributed by atoms with Gasteiger partial charge in [0.2, 0.25) is 11.8 Å². The van der Waals surface area contributed by atoms with E-state index in [0.717, 1.165) is 16.7 Å². The Morgan fingerprint density at radius 1 is 1.00 bits per heavy atom. The fraction of sp³-hybridized carbons (Fsp3) is 0.200. The van der Waals surface area contributed by atoms with Crippen LogP contribution in [0.25, 0.3) is 0 Å². The molecule has 3 N–H and O–H groups in total. The summed E-state index contributed by atoms with van der Waals surface area (Å²) in [4.78, 5) is 24.5. The molecule has 0 aromatic heterocycles. The van der Waals surface area contributed by atoms with E-state index < -0.39 is 17.9 Å². The Bertz CT molecular complexity index is 671. The summed E-state index contributed by atoms with van der Waals surface area (Å²) in [5, 5.41) is 2.77.